The van der Waals surface area contributed by atoms with E-state index in [2.05, 4.69) is 16.8 Å². The van der Waals surface area contributed by atoms with Crippen LogP contribution < -0.4 is 10.5 Å². The number of nitrogens with zero attached hydrogens (tertiary/aromatic N) is 3. The molecule has 3 rings (SSSR count). The second-order valence-electron chi connectivity index (χ2n) is 6.88. The molecule has 1 aromatic carbocycles. The number of piperazine rings is 1. The van der Waals surface area contributed by atoms with E-state index in [-0.39, 0.29) is 12.8 Å². The minimum absolute atomic E-state index is 0.143. The summed E-state index contributed by atoms with van der Waals surface area (Å²) in [4.78, 5) is 39.6. The maximum Gasteiger partial charge on any atom is 0.326 e. The Kier molecular flexibility index (Phi) is 5.46. The quantitative estimate of drug-likeness (QED) is 0.785. The Labute approximate surface area is 156 Å². The molecule has 0 spiro atoms. The summed E-state index contributed by atoms with van der Waals surface area (Å²) in [6.07, 6.45) is 0.984. The number of fused-ring (bicyclic) bond motifs is 1. The Morgan fingerprint density at radius 1 is 1.11 bits per heavy atom. The molecule has 1 atom stereocenters. The van der Waals surface area contributed by atoms with Crippen molar-refractivity contribution in [3.63, 3.8) is 0 Å². The molecule has 0 aliphatic carbocycles. The van der Waals surface area contributed by atoms with Crippen LogP contribution in [0.5, 0.6) is 0 Å². The topological polar surface area (TPSA) is 103 Å². The second kappa shape index (κ2) is 7.79. The van der Waals surface area contributed by atoms with Crippen molar-refractivity contribution in [2.24, 2.45) is 0 Å². The summed E-state index contributed by atoms with van der Waals surface area (Å²) in [5.41, 5.74) is 0.614. The molecule has 2 aromatic rings. The smallest absolute Gasteiger partial charge is 0.326 e. The van der Waals surface area contributed by atoms with Crippen molar-refractivity contribution in [1.29, 1.82) is 0 Å². The molecule has 2 N–H and O–H groups in total. The largest absolute Gasteiger partial charge is 0.481 e. The van der Waals surface area contributed by atoms with E-state index in [4.69, 9.17) is 5.11 Å². The van der Waals surface area contributed by atoms with Crippen LogP contribution >= 0.6 is 0 Å². The Bertz CT molecular complexity index is 915. The lowest BCUT2D eigenvalue weighted by molar-refractivity contribution is -0.142. The average Bonchev–Trinajstić information content (AvgIpc) is 2.63. The van der Waals surface area contributed by atoms with E-state index in [1.807, 2.05) is 12.1 Å². The molecule has 1 saturated heterocycles. The summed E-state index contributed by atoms with van der Waals surface area (Å²) >= 11 is 0. The Morgan fingerprint density at radius 3 is 2.44 bits per heavy atom. The van der Waals surface area contributed by atoms with Gasteiger partial charge >= 0.3 is 11.9 Å². The van der Waals surface area contributed by atoms with Crippen molar-refractivity contribution in [3.05, 3.63) is 40.8 Å². The Hall–Kier alpha value is -2.87. The highest BCUT2D eigenvalue weighted by molar-refractivity contribution is 5.85. The molecule has 8 nitrogen and oxygen atoms in total. The van der Waals surface area contributed by atoms with Gasteiger partial charge in [-0.25, -0.2) is 4.79 Å². The first-order valence-electron chi connectivity index (χ1n) is 8.90. The molecule has 8 heteroatoms. The number of anilines is 1. The average molecular weight is 373 g/mol. The van der Waals surface area contributed by atoms with E-state index in [1.165, 1.54) is 6.20 Å². The van der Waals surface area contributed by atoms with Crippen LogP contribution in [0.25, 0.3) is 10.8 Å². The number of hydrogen-bond donors (Lipinski definition) is 2. The van der Waals surface area contributed by atoms with Crippen molar-refractivity contribution in [2.75, 3.05) is 38.1 Å². The highest BCUT2D eigenvalue weighted by Gasteiger charge is 2.22. The van der Waals surface area contributed by atoms with Crippen molar-refractivity contribution < 1.29 is 19.8 Å². The first-order valence-corrected chi connectivity index (χ1v) is 8.90. The SMILES string of the molecule is CN1CCN(c2ccc3c(=O)n(C(CCC(=O)O)C(=O)O)ccc3c2)CC1. The number of aliphatic carboxylic acids is 2. The third-order valence-corrected chi connectivity index (χ3v) is 5.04. The molecular weight excluding hydrogens is 350 g/mol. The molecular formula is C19H23N3O5. The van der Waals surface area contributed by atoms with Gasteiger partial charge in [0.1, 0.15) is 6.04 Å². The van der Waals surface area contributed by atoms with Crippen molar-refractivity contribution in [1.82, 2.24) is 9.47 Å². The van der Waals surface area contributed by atoms with Crippen LogP contribution in [-0.4, -0.2) is 64.8 Å². The summed E-state index contributed by atoms with van der Waals surface area (Å²) in [7, 11) is 2.09. The monoisotopic (exact) mass is 373 g/mol. The fourth-order valence-corrected chi connectivity index (χ4v) is 3.40. The van der Waals surface area contributed by atoms with Gasteiger partial charge in [0.15, 0.2) is 0 Å². The molecule has 1 aliphatic rings. The van der Waals surface area contributed by atoms with Crippen LogP contribution in [0.3, 0.4) is 0 Å². The van der Waals surface area contributed by atoms with Gasteiger partial charge in [0.05, 0.1) is 0 Å². The lowest BCUT2D eigenvalue weighted by atomic mass is 10.1. The van der Waals surface area contributed by atoms with E-state index in [0.717, 1.165) is 41.8 Å². The number of carboxylic acids is 2. The molecule has 144 valence electrons. The van der Waals surface area contributed by atoms with Gasteiger partial charge < -0.3 is 24.6 Å². The van der Waals surface area contributed by atoms with Crippen LogP contribution in [0.1, 0.15) is 18.9 Å². The van der Waals surface area contributed by atoms with Crippen molar-refractivity contribution >= 4 is 28.4 Å². The van der Waals surface area contributed by atoms with Gasteiger partial charge in [-0.05, 0) is 43.1 Å². The van der Waals surface area contributed by atoms with Crippen LogP contribution in [0.2, 0.25) is 0 Å². The number of likely N-dealkylation sites (N-methyl/N-ethyl adjacent to an activating group) is 1. The maximum absolute atomic E-state index is 12.8. The number of carbonyl (C=O) groups is 2. The molecule has 0 radical (unpaired) electrons. The van der Waals surface area contributed by atoms with E-state index in [9.17, 15) is 19.5 Å². The second-order valence-corrected chi connectivity index (χ2v) is 6.88. The molecule has 0 saturated carbocycles. The molecule has 1 aliphatic heterocycles. The van der Waals surface area contributed by atoms with E-state index >= 15 is 0 Å². The van der Waals surface area contributed by atoms with E-state index in [1.54, 1.807) is 12.1 Å². The van der Waals surface area contributed by atoms with Gasteiger partial charge in [-0.15, -0.1) is 0 Å². The number of rotatable bonds is 6. The van der Waals surface area contributed by atoms with Crippen molar-refractivity contribution in [2.45, 2.75) is 18.9 Å². The van der Waals surface area contributed by atoms with Gasteiger partial charge in [-0.1, -0.05) is 0 Å². The first-order chi connectivity index (χ1) is 12.9. The zero-order chi connectivity index (χ0) is 19.6. The zero-order valence-corrected chi connectivity index (χ0v) is 15.2. The van der Waals surface area contributed by atoms with Gasteiger partial charge in [-0.2, -0.15) is 0 Å². The summed E-state index contributed by atoms with van der Waals surface area (Å²) in [5.74, 6) is -2.31. The van der Waals surface area contributed by atoms with Crippen molar-refractivity contribution in [3.8, 4) is 0 Å². The molecule has 2 heterocycles. The zero-order valence-electron chi connectivity index (χ0n) is 15.2. The molecule has 0 amide bonds. The van der Waals surface area contributed by atoms with Gasteiger partial charge in [0.2, 0.25) is 0 Å². The maximum atomic E-state index is 12.8. The molecule has 1 fully saturated rings. The summed E-state index contributed by atoms with van der Waals surface area (Å²) in [6, 6.07) is 6.06. The lowest BCUT2D eigenvalue weighted by Gasteiger charge is -2.34. The molecule has 1 aromatic heterocycles. The lowest BCUT2D eigenvalue weighted by Crippen LogP contribution is -2.44. The summed E-state index contributed by atoms with van der Waals surface area (Å²) in [6.45, 7) is 3.78. The minimum atomic E-state index is -1.22. The normalized spacial score (nSPS) is 16.4. The number of pyridine rings is 1. The fraction of sp³-hybridized carbons (Fsp3) is 0.421. The number of aromatic nitrogens is 1. The van der Waals surface area contributed by atoms with Crippen LogP contribution in [0.15, 0.2) is 35.3 Å². The Morgan fingerprint density at radius 2 is 1.81 bits per heavy atom. The fourth-order valence-electron chi connectivity index (χ4n) is 3.40. The number of hydrogen-bond acceptors (Lipinski definition) is 5. The van der Waals surface area contributed by atoms with E-state index < -0.39 is 23.5 Å². The molecule has 1 unspecified atom stereocenters. The van der Waals surface area contributed by atoms with Gasteiger partial charge in [-0.3, -0.25) is 9.59 Å². The van der Waals surface area contributed by atoms with Crippen LogP contribution in [0.4, 0.5) is 5.69 Å². The third-order valence-electron chi connectivity index (χ3n) is 5.04. The Balaban J connectivity index is 1.93. The van der Waals surface area contributed by atoms with Crippen LogP contribution in [-0.2, 0) is 9.59 Å². The van der Waals surface area contributed by atoms with Gasteiger partial charge in [0.25, 0.3) is 5.56 Å². The minimum Gasteiger partial charge on any atom is -0.481 e. The number of carboxylic acid groups (broad SMARTS) is 2. The number of benzene rings is 1. The van der Waals surface area contributed by atoms with Crippen LogP contribution in [0, 0.1) is 0 Å². The summed E-state index contributed by atoms with van der Waals surface area (Å²) < 4.78 is 1.11. The highest BCUT2D eigenvalue weighted by atomic mass is 16.4. The van der Waals surface area contributed by atoms with Gasteiger partial charge in [0, 0.05) is 49.9 Å². The molecule has 0 bridgehead atoms. The third kappa shape index (κ3) is 4.11. The first kappa shape index (κ1) is 18.9. The predicted molar refractivity (Wildman–Crippen MR) is 101 cm³/mol. The summed E-state index contributed by atoms with van der Waals surface area (Å²) in [5, 5.41) is 19.4. The standard InChI is InChI=1S/C19H23N3O5/c1-20-8-10-21(11-9-20)14-2-3-15-13(12-14)6-7-22(18(15)25)16(19(26)27)4-5-17(23)24/h2-3,6-7,12,16H,4-5,8-11H2,1H3,(H,23,24)(H,26,27). The predicted octanol–water partition coefficient (Wildman–Crippen LogP) is 1.24. The highest BCUT2D eigenvalue weighted by Crippen LogP contribution is 2.22. The molecule has 27 heavy (non-hydrogen) atoms. The van der Waals surface area contributed by atoms with E-state index in [0.29, 0.717) is 5.39 Å².